The Labute approximate surface area is 128 Å². The molecular formula is C16H21F2NO3. The maximum atomic E-state index is 14.3. The van der Waals surface area contributed by atoms with Gasteiger partial charge in [0.15, 0.2) is 0 Å². The lowest BCUT2D eigenvalue weighted by Crippen LogP contribution is -2.51. The number of nitrogens with one attached hydrogen (secondary N) is 1. The Hall–Kier alpha value is -1.85. The summed E-state index contributed by atoms with van der Waals surface area (Å²) >= 11 is 0. The maximum Gasteiger partial charge on any atom is 0.311 e. The molecule has 1 aromatic carbocycles. The van der Waals surface area contributed by atoms with Crippen LogP contribution in [0.4, 0.5) is 14.5 Å². The Morgan fingerprint density at radius 3 is 2.64 bits per heavy atom. The Kier molecular flexibility index (Phi) is 5.21. The lowest BCUT2D eigenvalue weighted by Gasteiger charge is -2.37. The lowest BCUT2D eigenvalue weighted by atomic mass is 9.81. The van der Waals surface area contributed by atoms with Gasteiger partial charge in [0.25, 0.3) is 5.92 Å². The van der Waals surface area contributed by atoms with Crippen LogP contribution in [0.1, 0.15) is 26.2 Å². The third-order valence-corrected chi connectivity index (χ3v) is 3.88. The zero-order valence-electron chi connectivity index (χ0n) is 12.8. The van der Waals surface area contributed by atoms with E-state index in [1.165, 1.54) is 7.11 Å². The van der Waals surface area contributed by atoms with Gasteiger partial charge in [-0.3, -0.25) is 4.79 Å². The van der Waals surface area contributed by atoms with Gasteiger partial charge in [-0.2, -0.15) is 0 Å². The number of halogens is 2. The van der Waals surface area contributed by atoms with E-state index in [1.807, 2.05) is 0 Å². The molecule has 2 rings (SSSR count). The summed E-state index contributed by atoms with van der Waals surface area (Å²) in [5.74, 6) is -3.71. The van der Waals surface area contributed by atoms with Crippen LogP contribution in [0.3, 0.4) is 0 Å². The molecule has 0 amide bonds. The average molecular weight is 313 g/mol. The number of hydrogen-bond donors (Lipinski definition) is 1. The second-order valence-corrected chi connectivity index (χ2v) is 5.36. The highest BCUT2D eigenvalue weighted by atomic mass is 19.3. The number of benzene rings is 1. The molecule has 1 aliphatic rings. The van der Waals surface area contributed by atoms with Crippen molar-refractivity contribution in [2.45, 2.75) is 38.2 Å². The van der Waals surface area contributed by atoms with Crippen molar-refractivity contribution in [2.75, 3.05) is 19.0 Å². The monoisotopic (exact) mass is 313 g/mol. The predicted molar refractivity (Wildman–Crippen MR) is 79.3 cm³/mol. The van der Waals surface area contributed by atoms with Crippen molar-refractivity contribution in [3.8, 4) is 5.75 Å². The second-order valence-electron chi connectivity index (χ2n) is 5.36. The highest BCUT2D eigenvalue weighted by molar-refractivity contribution is 5.74. The van der Waals surface area contributed by atoms with E-state index in [9.17, 15) is 13.6 Å². The lowest BCUT2D eigenvalue weighted by molar-refractivity contribution is -0.156. The number of alkyl halides is 2. The van der Waals surface area contributed by atoms with Crippen molar-refractivity contribution in [2.24, 2.45) is 5.92 Å². The molecule has 6 heteroatoms. The Balaban J connectivity index is 2.18. The molecule has 22 heavy (non-hydrogen) atoms. The minimum absolute atomic E-state index is 0.191. The van der Waals surface area contributed by atoms with Gasteiger partial charge in [-0.15, -0.1) is 0 Å². The zero-order chi connectivity index (χ0) is 16.2. The van der Waals surface area contributed by atoms with E-state index < -0.39 is 23.9 Å². The van der Waals surface area contributed by atoms with E-state index in [1.54, 1.807) is 31.2 Å². The van der Waals surface area contributed by atoms with Gasteiger partial charge in [0.1, 0.15) is 11.8 Å². The fraction of sp³-hybridized carbons (Fsp3) is 0.562. The molecule has 1 aromatic rings. The normalized spacial score (nSPS) is 23.6. The van der Waals surface area contributed by atoms with Crippen LogP contribution in [0.5, 0.6) is 5.75 Å². The van der Waals surface area contributed by atoms with Crippen LogP contribution in [0, 0.1) is 5.92 Å². The molecule has 1 fully saturated rings. The van der Waals surface area contributed by atoms with Crippen molar-refractivity contribution >= 4 is 11.7 Å². The van der Waals surface area contributed by atoms with Gasteiger partial charge in [-0.05, 0) is 44.0 Å². The molecule has 0 heterocycles. The van der Waals surface area contributed by atoms with E-state index in [0.29, 0.717) is 24.3 Å². The zero-order valence-corrected chi connectivity index (χ0v) is 12.8. The van der Waals surface area contributed by atoms with Crippen LogP contribution >= 0.6 is 0 Å². The Morgan fingerprint density at radius 2 is 2.05 bits per heavy atom. The molecule has 0 unspecified atom stereocenters. The summed E-state index contributed by atoms with van der Waals surface area (Å²) in [4.78, 5) is 12.0. The summed E-state index contributed by atoms with van der Waals surface area (Å²) in [6.07, 6.45) is 0.496. The van der Waals surface area contributed by atoms with Gasteiger partial charge in [0, 0.05) is 12.1 Å². The summed E-state index contributed by atoms with van der Waals surface area (Å²) in [5, 5.41) is 2.81. The van der Waals surface area contributed by atoms with E-state index in [0.717, 1.165) is 0 Å². The molecule has 0 radical (unpaired) electrons. The average Bonchev–Trinajstić information content (AvgIpc) is 2.50. The van der Waals surface area contributed by atoms with Crippen LogP contribution < -0.4 is 10.1 Å². The van der Waals surface area contributed by atoms with Gasteiger partial charge in [-0.25, -0.2) is 8.78 Å². The van der Waals surface area contributed by atoms with Crippen molar-refractivity contribution in [1.29, 1.82) is 0 Å². The van der Waals surface area contributed by atoms with E-state index in [4.69, 9.17) is 9.47 Å². The molecule has 1 saturated carbocycles. The molecular weight excluding hydrogens is 292 g/mol. The number of carbonyl (C=O) groups excluding carboxylic acids is 1. The Bertz CT molecular complexity index is 505. The largest absolute Gasteiger partial charge is 0.497 e. The van der Waals surface area contributed by atoms with Crippen LogP contribution in [0.15, 0.2) is 24.3 Å². The summed E-state index contributed by atoms with van der Waals surface area (Å²) < 4.78 is 38.5. The van der Waals surface area contributed by atoms with Gasteiger partial charge >= 0.3 is 5.97 Å². The van der Waals surface area contributed by atoms with Crippen LogP contribution in [0.25, 0.3) is 0 Å². The summed E-state index contributed by atoms with van der Waals surface area (Å²) in [5.41, 5.74) is 0.529. The number of anilines is 1. The van der Waals surface area contributed by atoms with Gasteiger partial charge in [0.05, 0.1) is 19.6 Å². The third-order valence-electron chi connectivity index (χ3n) is 3.88. The highest BCUT2D eigenvalue weighted by Crippen LogP contribution is 2.39. The van der Waals surface area contributed by atoms with E-state index >= 15 is 0 Å². The number of methoxy groups -OCH3 is 1. The standard InChI is InChI=1S/C16H21F2NO3/c1-3-22-15(20)13-5-4-10-16(17,18)14(13)19-11-6-8-12(21-2)9-7-11/h6-9,13-14,19H,3-5,10H2,1-2H3/t13-,14-/m0/s1. The molecule has 4 nitrogen and oxygen atoms in total. The molecule has 2 atom stereocenters. The first-order chi connectivity index (χ1) is 10.5. The van der Waals surface area contributed by atoms with Gasteiger partial charge in [0.2, 0.25) is 0 Å². The molecule has 1 N–H and O–H groups in total. The molecule has 0 aromatic heterocycles. The Morgan fingerprint density at radius 1 is 1.36 bits per heavy atom. The second kappa shape index (κ2) is 6.94. The van der Waals surface area contributed by atoms with Crippen molar-refractivity contribution in [1.82, 2.24) is 0 Å². The molecule has 0 saturated heterocycles. The quantitative estimate of drug-likeness (QED) is 0.846. The van der Waals surface area contributed by atoms with Crippen molar-refractivity contribution in [3.05, 3.63) is 24.3 Å². The molecule has 122 valence electrons. The summed E-state index contributed by atoms with van der Waals surface area (Å²) in [6, 6.07) is 5.43. The summed E-state index contributed by atoms with van der Waals surface area (Å²) in [7, 11) is 1.54. The molecule has 0 spiro atoms. The highest BCUT2D eigenvalue weighted by Gasteiger charge is 2.50. The molecule has 0 bridgehead atoms. The van der Waals surface area contributed by atoms with Crippen LogP contribution in [-0.4, -0.2) is 31.7 Å². The fourth-order valence-corrected chi connectivity index (χ4v) is 2.75. The first-order valence-electron chi connectivity index (χ1n) is 7.43. The first-order valence-corrected chi connectivity index (χ1v) is 7.43. The number of esters is 1. The molecule has 1 aliphatic carbocycles. The smallest absolute Gasteiger partial charge is 0.311 e. The van der Waals surface area contributed by atoms with Gasteiger partial charge < -0.3 is 14.8 Å². The van der Waals surface area contributed by atoms with Crippen LogP contribution in [0.2, 0.25) is 0 Å². The number of carbonyl (C=O) groups is 1. The minimum Gasteiger partial charge on any atom is -0.497 e. The molecule has 0 aliphatic heterocycles. The fourth-order valence-electron chi connectivity index (χ4n) is 2.75. The number of hydrogen-bond acceptors (Lipinski definition) is 4. The van der Waals surface area contributed by atoms with Crippen molar-refractivity contribution < 1.29 is 23.0 Å². The van der Waals surface area contributed by atoms with E-state index in [2.05, 4.69) is 5.32 Å². The minimum atomic E-state index is -2.95. The first kappa shape index (κ1) is 16.5. The number of rotatable bonds is 5. The van der Waals surface area contributed by atoms with E-state index in [-0.39, 0.29) is 13.0 Å². The van der Waals surface area contributed by atoms with Gasteiger partial charge in [-0.1, -0.05) is 0 Å². The number of ether oxygens (including phenoxy) is 2. The predicted octanol–water partition coefficient (Wildman–Crippen LogP) is 3.47. The maximum absolute atomic E-state index is 14.3. The third kappa shape index (κ3) is 3.67. The topological polar surface area (TPSA) is 47.6 Å². The van der Waals surface area contributed by atoms with Crippen LogP contribution in [-0.2, 0) is 9.53 Å². The summed E-state index contributed by atoms with van der Waals surface area (Å²) in [6.45, 7) is 1.86. The van der Waals surface area contributed by atoms with Crippen molar-refractivity contribution in [3.63, 3.8) is 0 Å². The SMILES string of the molecule is CCOC(=O)[C@H]1CCCC(F)(F)[C@H]1Nc1ccc(OC)cc1.